The fraction of sp³-hybridized carbons (Fsp3) is 0.486. The number of carboxylic acids is 1. The Morgan fingerprint density at radius 1 is 0.980 bits per heavy atom. The quantitative estimate of drug-likeness (QED) is 0.137. The number of aromatic carboxylic acids is 1. The van der Waals surface area contributed by atoms with E-state index in [1.807, 2.05) is 24.3 Å². The maximum absolute atomic E-state index is 14.7. The van der Waals surface area contributed by atoms with Crippen molar-refractivity contribution >= 4 is 17.0 Å². The van der Waals surface area contributed by atoms with Crippen LogP contribution < -0.4 is 10.5 Å². The Hall–Kier alpha value is -4.02. The van der Waals surface area contributed by atoms with Gasteiger partial charge in [-0.05, 0) is 68.2 Å². The molecule has 0 spiro atoms. The second kappa shape index (κ2) is 16.5. The van der Waals surface area contributed by atoms with Crippen LogP contribution in [0.15, 0.2) is 54.6 Å². The first kappa shape index (κ1) is 36.8. The van der Waals surface area contributed by atoms with Crippen molar-refractivity contribution in [3.63, 3.8) is 0 Å². The molecular formula is C37H46FN5O8. The molecule has 3 aliphatic rings. The highest BCUT2D eigenvalue weighted by Crippen LogP contribution is 2.30. The van der Waals surface area contributed by atoms with E-state index in [0.29, 0.717) is 43.7 Å². The van der Waals surface area contributed by atoms with Crippen LogP contribution in [-0.4, -0.2) is 110 Å². The Morgan fingerprint density at radius 2 is 1.73 bits per heavy atom. The number of rotatable bonds is 13. The molecule has 0 aliphatic carbocycles. The highest BCUT2D eigenvalue weighted by Gasteiger charge is 2.27. The van der Waals surface area contributed by atoms with Gasteiger partial charge < -0.3 is 44.9 Å². The standard InChI is InChI=1S/C33H35FN4O5.C4H11NO3/c34-27-14-22(25-18-41-19-25)4-5-24(27)20-43-32-3-1-2-28(36-32)21-8-11-37(12-9-21)17-31-35-29-7-6-23(33(39)40)15-30(29)38(31)16-26-10-13-42-26;5-4(1-6,2-7)3-8/h1-7,14-15,21,25-26H,8-13,16-20H2,(H,39,40);6-8H,1-3,5H2/t26-;/m0./s1. The Labute approximate surface area is 295 Å². The van der Waals surface area contributed by atoms with E-state index < -0.39 is 31.3 Å². The van der Waals surface area contributed by atoms with Crippen molar-refractivity contribution in [3.05, 3.63) is 88.6 Å². The number of benzene rings is 2. The minimum atomic E-state index is -1.21. The molecule has 5 heterocycles. The molecule has 51 heavy (non-hydrogen) atoms. The molecule has 7 rings (SSSR count). The van der Waals surface area contributed by atoms with Gasteiger partial charge in [-0.3, -0.25) is 4.90 Å². The first-order valence-corrected chi connectivity index (χ1v) is 17.3. The van der Waals surface area contributed by atoms with Gasteiger partial charge in [0.25, 0.3) is 0 Å². The molecule has 0 bridgehead atoms. The highest BCUT2D eigenvalue weighted by molar-refractivity contribution is 5.92. The summed E-state index contributed by atoms with van der Waals surface area (Å²) in [6, 6.07) is 16.3. The molecule has 3 fully saturated rings. The summed E-state index contributed by atoms with van der Waals surface area (Å²) >= 11 is 0. The molecule has 0 unspecified atom stereocenters. The van der Waals surface area contributed by atoms with E-state index in [1.165, 1.54) is 0 Å². The minimum Gasteiger partial charge on any atom is -0.478 e. The summed E-state index contributed by atoms with van der Waals surface area (Å²) in [5, 5.41) is 34.5. The normalized spacial score (nSPS) is 18.5. The van der Waals surface area contributed by atoms with Crippen LogP contribution in [0.5, 0.6) is 5.88 Å². The molecule has 6 N–H and O–H groups in total. The van der Waals surface area contributed by atoms with Gasteiger partial charge in [-0.25, -0.2) is 19.2 Å². The van der Waals surface area contributed by atoms with Gasteiger partial charge in [-0.15, -0.1) is 0 Å². The third kappa shape index (κ3) is 8.90. The number of ether oxygens (including phenoxy) is 3. The van der Waals surface area contributed by atoms with E-state index >= 15 is 0 Å². The van der Waals surface area contributed by atoms with Gasteiger partial charge in [0.15, 0.2) is 0 Å². The first-order valence-electron chi connectivity index (χ1n) is 17.3. The van der Waals surface area contributed by atoms with E-state index in [0.717, 1.165) is 67.1 Å². The molecular weight excluding hydrogens is 661 g/mol. The number of aliphatic hydroxyl groups excluding tert-OH is 3. The summed E-state index contributed by atoms with van der Waals surface area (Å²) in [5.41, 5.74) is 8.32. The van der Waals surface area contributed by atoms with Crippen LogP contribution in [0.25, 0.3) is 11.0 Å². The second-order valence-corrected chi connectivity index (χ2v) is 13.6. The number of likely N-dealkylation sites (tertiary alicyclic amines) is 1. The summed E-state index contributed by atoms with van der Waals surface area (Å²) in [7, 11) is 0. The van der Waals surface area contributed by atoms with Gasteiger partial charge in [-0.2, -0.15) is 0 Å². The predicted octanol–water partition coefficient (Wildman–Crippen LogP) is 2.79. The number of nitrogens with zero attached hydrogens (tertiary/aromatic N) is 4. The summed E-state index contributed by atoms with van der Waals surface area (Å²) in [4.78, 5) is 23.7. The molecule has 0 radical (unpaired) electrons. The average Bonchev–Trinajstić information content (AvgIpc) is 3.44. The van der Waals surface area contributed by atoms with Crippen molar-refractivity contribution in [2.24, 2.45) is 5.73 Å². The second-order valence-electron chi connectivity index (χ2n) is 13.6. The third-order valence-corrected chi connectivity index (χ3v) is 9.88. The minimum absolute atomic E-state index is 0.128. The van der Waals surface area contributed by atoms with E-state index in [4.69, 9.17) is 45.2 Å². The van der Waals surface area contributed by atoms with E-state index in [2.05, 4.69) is 9.47 Å². The van der Waals surface area contributed by atoms with E-state index in [1.54, 1.807) is 30.3 Å². The number of piperidine rings is 1. The lowest BCUT2D eigenvalue weighted by Crippen LogP contribution is -2.50. The van der Waals surface area contributed by atoms with Crippen molar-refractivity contribution in [2.45, 2.75) is 62.4 Å². The van der Waals surface area contributed by atoms with Gasteiger partial charge in [0.1, 0.15) is 18.2 Å². The van der Waals surface area contributed by atoms with Crippen LogP contribution in [0.3, 0.4) is 0 Å². The topological polar surface area (TPSA) is 186 Å². The lowest BCUT2D eigenvalue weighted by Gasteiger charge is -2.32. The molecule has 13 nitrogen and oxygen atoms in total. The van der Waals surface area contributed by atoms with E-state index in [9.17, 15) is 14.3 Å². The number of imidazole rings is 1. The van der Waals surface area contributed by atoms with Crippen LogP contribution >= 0.6 is 0 Å². The SMILES string of the molecule is NC(CO)(CO)CO.O=C(O)c1ccc2nc(CN3CCC(c4cccc(OCc5ccc(C6COC6)cc5F)n4)CC3)n(C[C@@H]3CCO3)c2c1. The molecule has 4 aromatic rings. The molecule has 2 aromatic carbocycles. The Morgan fingerprint density at radius 3 is 2.31 bits per heavy atom. The number of hydrogen-bond donors (Lipinski definition) is 5. The Kier molecular flexibility index (Phi) is 11.9. The van der Waals surface area contributed by atoms with Crippen LogP contribution in [0.2, 0.25) is 0 Å². The van der Waals surface area contributed by atoms with E-state index in [-0.39, 0.29) is 30.0 Å². The molecule has 14 heteroatoms. The van der Waals surface area contributed by atoms with Crippen LogP contribution in [0.1, 0.15) is 64.1 Å². The lowest BCUT2D eigenvalue weighted by molar-refractivity contribution is -0.0592. The average molecular weight is 708 g/mol. The summed E-state index contributed by atoms with van der Waals surface area (Å²) in [6.07, 6.45) is 3.03. The smallest absolute Gasteiger partial charge is 0.335 e. The van der Waals surface area contributed by atoms with Crippen LogP contribution in [0, 0.1) is 5.82 Å². The van der Waals surface area contributed by atoms with Gasteiger partial charge in [0.2, 0.25) is 5.88 Å². The fourth-order valence-corrected chi connectivity index (χ4v) is 6.25. The number of halogens is 1. The van der Waals surface area contributed by atoms with Crippen LogP contribution in [-0.2, 0) is 29.2 Å². The molecule has 2 aromatic heterocycles. The number of aromatic nitrogens is 3. The van der Waals surface area contributed by atoms with Crippen molar-refractivity contribution in [3.8, 4) is 5.88 Å². The van der Waals surface area contributed by atoms with Gasteiger partial charge in [0.05, 0.1) is 74.4 Å². The Balaban J connectivity index is 0.000000503. The fourth-order valence-electron chi connectivity index (χ4n) is 6.25. The number of fused-ring (bicyclic) bond motifs is 1. The maximum atomic E-state index is 14.7. The predicted molar refractivity (Wildman–Crippen MR) is 185 cm³/mol. The molecule has 0 saturated carbocycles. The lowest BCUT2D eigenvalue weighted by atomic mass is 9.93. The number of hydrogen-bond acceptors (Lipinski definition) is 11. The zero-order valence-corrected chi connectivity index (χ0v) is 28.5. The number of carboxylic acid groups (broad SMARTS) is 1. The van der Waals surface area contributed by atoms with Crippen molar-refractivity contribution in [1.29, 1.82) is 0 Å². The zero-order valence-electron chi connectivity index (χ0n) is 28.5. The van der Waals surface area contributed by atoms with Gasteiger partial charge in [-0.1, -0.05) is 18.2 Å². The summed E-state index contributed by atoms with van der Waals surface area (Å²) < 4.78 is 33.6. The monoisotopic (exact) mass is 707 g/mol. The summed E-state index contributed by atoms with van der Waals surface area (Å²) in [5.74, 6) is 0.821. The highest BCUT2D eigenvalue weighted by atomic mass is 19.1. The Bertz CT molecular complexity index is 1780. The largest absolute Gasteiger partial charge is 0.478 e. The summed E-state index contributed by atoms with van der Waals surface area (Å²) in [6.45, 7) is 4.13. The number of nitrogens with two attached hydrogens (primary N) is 1. The van der Waals surface area contributed by atoms with Crippen molar-refractivity contribution < 1.29 is 43.8 Å². The van der Waals surface area contributed by atoms with Gasteiger partial charge in [0, 0.05) is 35.8 Å². The molecule has 0 amide bonds. The first-order chi connectivity index (χ1) is 24.7. The molecule has 3 saturated heterocycles. The number of aliphatic hydroxyl groups is 3. The number of carbonyl (C=O) groups is 1. The van der Waals surface area contributed by atoms with Crippen molar-refractivity contribution in [2.75, 3.05) is 52.7 Å². The maximum Gasteiger partial charge on any atom is 0.335 e. The van der Waals surface area contributed by atoms with Crippen LogP contribution in [0.4, 0.5) is 4.39 Å². The molecule has 274 valence electrons. The number of pyridine rings is 1. The zero-order chi connectivity index (χ0) is 36.0. The van der Waals surface area contributed by atoms with Crippen molar-refractivity contribution in [1.82, 2.24) is 19.4 Å². The molecule has 1 atom stereocenters. The third-order valence-electron chi connectivity index (χ3n) is 9.88. The molecule has 3 aliphatic heterocycles. The van der Waals surface area contributed by atoms with Gasteiger partial charge >= 0.3 is 5.97 Å².